The Bertz CT molecular complexity index is 3190. The molecule has 266 valence electrons. The first kappa shape index (κ1) is 32.7. The molecule has 0 saturated carbocycles. The van der Waals surface area contributed by atoms with Gasteiger partial charge in [-0.1, -0.05) is 176 Å². The highest BCUT2D eigenvalue weighted by molar-refractivity contribution is 6.27. The quantitative estimate of drug-likeness (QED) is 0.160. The Morgan fingerprint density at radius 2 is 0.860 bits per heavy atom. The Kier molecular flexibility index (Phi) is 7.78. The smallest absolute Gasteiger partial charge is 0.160 e. The molecule has 3 heterocycles. The summed E-state index contributed by atoms with van der Waals surface area (Å²) < 4.78 is 2.42. The average Bonchev–Trinajstić information content (AvgIpc) is 3.64. The lowest BCUT2D eigenvalue weighted by Gasteiger charge is -2.15. The van der Waals surface area contributed by atoms with E-state index in [1.165, 1.54) is 27.2 Å². The third-order valence-corrected chi connectivity index (χ3v) is 11.0. The van der Waals surface area contributed by atoms with Gasteiger partial charge in [0.2, 0.25) is 0 Å². The van der Waals surface area contributed by atoms with Crippen molar-refractivity contribution in [1.29, 1.82) is 0 Å². The number of para-hydroxylation sites is 2. The van der Waals surface area contributed by atoms with Crippen LogP contribution in [0.25, 0.3) is 105 Å². The van der Waals surface area contributed by atoms with Crippen molar-refractivity contribution >= 4 is 43.5 Å². The van der Waals surface area contributed by atoms with Gasteiger partial charge in [-0.3, -0.25) is 0 Å². The molecule has 8 aromatic carbocycles. The lowest BCUT2D eigenvalue weighted by Crippen LogP contribution is -1.96. The summed E-state index contributed by atoms with van der Waals surface area (Å²) in [4.78, 5) is 15.5. The van der Waals surface area contributed by atoms with Gasteiger partial charge in [-0.15, -0.1) is 0 Å². The molecule has 0 unspecified atom stereocenters. The highest BCUT2D eigenvalue weighted by Crippen LogP contribution is 2.42. The zero-order chi connectivity index (χ0) is 37.7. The number of hydrogen-bond donors (Lipinski definition) is 0. The fourth-order valence-electron chi connectivity index (χ4n) is 8.29. The first-order valence-corrected chi connectivity index (χ1v) is 19.3. The molecule has 0 fully saturated rings. The number of benzene rings is 8. The average molecular weight is 727 g/mol. The first-order valence-electron chi connectivity index (χ1n) is 19.3. The van der Waals surface area contributed by atoms with E-state index in [4.69, 9.17) is 15.0 Å². The summed E-state index contributed by atoms with van der Waals surface area (Å²) in [5, 5.41) is 5.91. The molecule has 0 aliphatic rings. The number of fused-ring (bicyclic) bond motifs is 7. The maximum Gasteiger partial charge on any atom is 0.160 e. The second-order valence-corrected chi connectivity index (χ2v) is 14.4. The Morgan fingerprint density at radius 1 is 0.333 bits per heavy atom. The van der Waals surface area contributed by atoms with Crippen molar-refractivity contribution < 1.29 is 0 Å². The monoisotopic (exact) mass is 726 g/mol. The highest BCUT2D eigenvalue weighted by Gasteiger charge is 2.20. The largest absolute Gasteiger partial charge is 0.309 e. The molecule has 0 aliphatic heterocycles. The van der Waals surface area contributed by atoms with Crippen LogP contribution in [-0.4, -0.2) is 19.5 Å². The van der Waals surface area contributed by atoms with Gasteiger partial charge >= 0.3 is 0 Å². The summed E-state index contributed by atoms with van der Waals surface area (Å²) >= 11 is 0. The van der Waals surface area contributed by atoms with Crippen molar-refractivity contribution in [3.63, 3.8) is 0 Å². The van der Waals surface area contributed by atoms with Crippen molar-refractivity contribution in [2.45, 2.75) is 0 Å². The van der Waals surface area contributed by atoms with E-state index in [0.29, 0.717) is 5.82 Å². The van der Waals surface area contributed by atoms with Crippen LogP contribution in [0.15, 0.2) is 206 Å². The van der Waals surface area contributed by atoms with E-state index in [1.54, 1.807) is 0 Å². The van der Waals surface area contributed by atoms with Gasteiger partial charge in [0.15, 0.2) is 5.82 Å². The van der Waals surface area contributed by atoms with Crippen LogP contribution in [0, 0.1) is 0 Å². The summed E-state index contributed by atoms with van der Waals surface area (Å²) in [6.07, 6.45) is 0. The topological polar surface area (TPSA) is 43.6 Å². The van der Waals surface area contributed by atoms with E-state index < -0.39 is 0 Å². The van der Waals surface area contributed by atoms with E-state index in [9.17, 15) is 0 Å². The van der Waals surface area contributed by atoms with E-state index in [0.717, 1.165) is 72.4 Å². The molecular weight excluding hydrogens is 693 g/mol. The van der Waals surface area contributed by atoms with E-state index in [-0.39, 0.29) is 0 Å². The third-order valence-electron chi connectivity index (χ3n) is 11.0. The van der Waals surface area contributed by atoms with Gasteiger partial charge in [0, 0.05) is 54.9 Å². The minimum atomic E-state index is 0.707. The predicted molar refractivity (Wildman–Crippen MR) is 236 cm³/mol. The summed E-state index contributed by atoms with van der Waals surface area (Å²) in [7, 11) is 0. The van der Waals surface area contributed by atoms with Crippen LogP contribution in [0.3, 0.4) is 0 Å². The molecule has 4 heteroatoms. The number of aromatic nitrogens is 4. The van der Waals surface area contributed by atoms with Crippen LogP contribution in [0.5, 0.6) is 0 Å². The van der Waals surface area contributed by atoms with Crippen LogP contribution in [0.1, 0.15) is 0 Å². The predicted octanol–water partition coefficient (Wildman–Crippen LogP) is 13.6. The molecule has 0 aliphatic carbocycles. The van der Waals surface area contributed by atoms with Gasteiger partial charge < -0.3 is 4.57 Å². The van der Waals surface area contributed by atoms with Crippen LogP contribution in [0.2, 0.25) is 0 Å². The molecule has 0 atom stereocenters. The van der Waals surface area contributed by atoms with Gasteiger partial charge in [0.1, 0.15) is 0 Å². The van der Waals surface area contributed by atoms with Crippen molar-refractivity contribution in [3.05, 3.63) is 206 Å². The summed E-state index contributed by atoms with van der Waals surface area (Å²) in [6, 6.07) is 72.5. The van der Waals surface area contributed by atoms with Gasteiger partial charge in [-0.25, -0.2) is 15.0 Å². The standard InChI is InChI=1S/C53H34N4/c1-5-15-36(16-6-1)46-34-47(56-53(55-46)39-19-9-3-10-20-39)37-27-25-35(26-28-37)40-29-30-44-48(33-40)54-51(38-17-7-2-8-18-38)45-32-31-43-42-23-13-14-24-49(42)57(52(43)50(44)45)41-21-11-4-12-22-41/h1-34H. The van der Waals surface area contributed by atoms with Gasteiger partial charge in [-0.2, -0.15) is 0 Å². The number of hydrogen-bond acceptors (Lipinski definition) is 3. The first-order chi connectivity index (χ1) is 28.3. The second kappa shape index (κ2) is 13.6. The summed E-state index contributed by atoms with van der Waals surface area (Å²) in [6.45, 7) is 0. The molecule has 57 heavy (non-hydrogen) atoms. The maximum atomic E-state index is 5.44. The van der Waals surface area contributed by atoms with Gasteiger partial charge in [0.05, 0.1) is 33.6 Å². The van der Waals surface area contributed by atoms with E-state index in [2.05, 4.69) is 174 Å². The molecule has 0 N–H and O–H groups in total. The van der Waals surface area contributed by atoms with E-state index in [1.807, 2.05) is 36.4 Å². The van der Waals surface area contributed by atoms with Gasteiger partial charge in [-0.05, 0) is 41.5 Å². The molecular formula is C53H34N4. The van der Waals surface area contributed by atoms with Crippen molar-refractivity contribution in [2.75, 3.05) is 0 Å². The fraction of sp³-hybridized carbons (Fsp3) is 0. The van der Waals surface area contributed by atoms with E-state index >= 15 is 0 Å². The third kappa shape index (κ3) is 5.66. The molecule has 4 nitrogen and oxygen atoms in total. The highest BCUT2D eigenvalue weighted by atomic mass is 15.0. The normalized spacial score (nSPS) is 11.5. The zero-order valence-electron chi connectivity index (χ0n) is 30.9. The SMILES string of the molecule is c1ccc(-c2cc(-c3ccc(-c4ccc5c(c4)nc(-c4ccccc4)c4ccc6c7ccccc7n(-c7ccccc7)c6c45)cc3)nc(-c3ccccc3)n2)cc1. The second-order valence-electron chi connectivity index (χ2n) is 14.4. The van der Waals surface area contributed by atoms with Crippen LogP contribution in [0.4, 0.5) is 0 Å². The molecule has 0 radical (unpaired) electrons. The Labute approximate surface area is 330 Å². The Hall–Kier alpha value is -7.69. The van der Waals surface area contributed by atoms with Gasteiger partial charge in [0.25, 0.3) is 0 Å². The summed E-state index contributed by atoms with van der Waals surface area (Å²) in [5.41, 5.74) is 13.6. The molecule has 0 amide bonds. The fourth-order valence-corrected chi connectivity index (χ4v) is 8.29. The number of rotatable bonds is 6. The van der Waals surface area contributed by atoms with Crippen molar-refractivity contribution in [2.24, 2.45) is 0 Å². The molecule has 0 bridgehead atoms. The lowest BCUT2D eigenvalue weighted by atomic mass is 9.95. The molecule has 11 aromatic rings. The molecule has 0 saturated heterocycles. The summed E-state index contributed by atoms with van der Waals surface area (Å²) in [5.74, 6) is 0.707. The van der Waals surface area contributed by atoms with Crippen molar-refractivity contribution in [1.82, 2.24) is 19.5 Å². The zero-order valence-corrected chi connectivity index (χ0v) is 30.9. The lowest BCUT2D eigenvalue weighted by molar-refractivity contribution is 1.18. The Morgan fingerprint density at radius 3 is 1.56 bits per heavy atom. The minimum absolute atomic E-state index is 0.707. The van der Waals surface area contributed by atoms with Crippen LogP contribution >= 0.6 is 0 Å². The minimum Gasteiger partial charge on any atom is -0.309 e. The number of nitrogens with zero attached hydrogens (tertiary/aromatic N) is 4. The van der Waals surface area contributed by atoms with Crippen molar-refractivity contribution in [3.8, 4) is 62.0 Å². The molecule has 3 aromatic heterocycles. The van der Waals surface area contributed by atoms with Crippen LogP contribution < -0.4 is 0 Å². The molecule has 0 spiro atoms. The maximum absolute atomic E-state index is 5.44. The molecule has 11 rings (SSSR count). The number of pyridine rings is 1. The van der Waals surface area contributed by atoms with Crippen LogP contribution in [-0.2, 0) is 0 Å². The Balaban J connectivity index is 1.09.